The van der Waals surface area contributed by atoms with Crippen LogP contribution in [-0.2, 0) is 6.42 Å². The van der Waals surface area contributed by atoms with Crippen molar-refractivity contribution in [1.29, 1.82) is 5.26 Å². The average molecular weight is 505 g/mol. The smallest absolute Gasteiger partial charge is 0.291 e. The average Bonchev–Trinajstić information content (AvgIpc) is 3.50. The molecule has 0 radical (unpaired) electrons. The van der Waals surface area contributed by atoms with Gasteiger partial charge in [-0.05, 0) is 73.8 Å². The molecule has 0 aliphatic carbocycles. The minimum atomic E-state index is -1.50. The number of carbonyl (C=O) groups is 1. The Labute approximate surface area is 212 Å². The lowest BCUT2D eigenvalue weighted by Crippen LogP contribution is -2.46. The Hall–Kier alpha value is -4.56. The summed E-state index contributed by atoms with van der Waals surface area (Å²) >= 11 is 0. The van der Waals surface area contributed by atoms with Crippen molar-refractivity contribution in [3.63, 3.8) is 0 Å². The van der Waals surface area contributed by atoms with E-state index in [-0.39, 0.29) is 5.76 Å². The number of carbonyl (C=O) groups excluding carboxylic acids is 1. The minimum Gasteiger partial charge on any atom is -0.451 e. The van der Waals surface area contributed by atoms with E-state index < -0.39 is 11.0 Å². The fourth-order valence-electron chi connectivity index (χ4n) is 4.68. The summed E-state index contributed by atoms with van der Waals surface area (Å²) in [5.74, 6) is -0.344. The minimum absolute atomic E-state index is 0.199. The number of benzene rings is 2. The van der Waals surface area contributed by atoms with Crippen LogP contribution in [0.15, 0.2) is 53.1 Å². The van der Waals surface area contributed by atoms with Crippen LogP contribution in [0.1, 0.15) is 34.5 Å². The van der Waals surface area contributed by atoms with Crippen LogP contribution < -0.4 is 10.6 Å². The van der Waals surface area contributed by atoms with Gasteiger partial charge in [0.25, 0.3) is 11.0 Å². The van der Waals surface area contributed by atoms with Crippen LogP contribution in [0.5, 0.6) is 0 Å². The van der Waals surface area contributed by atoms with Gasteiger partial charge >= 0.3 is 0 Å². The van der Waals surface area contributed by atoms with E-state index in [1.807, 2.05) is 30.3 Å². The van der Waals surface area contributed by atoms with E-state index in [4.69, 9.17) is 30.7 Å². The summed E-state index contributed by atoms with van der Waals surface area (Å²) in [6.07, 6.45) is 5.38. The molecular formula is C26H28N6O5. The summed E-state index contributed by atoms with van der Waals surface area (Å²) in [5.41, 5.74) is 10.3. The van der Waals surface area contributed by atoms with E-state index in [0.29, 0.717) is 11.1 Å². The first-order chi connectivity index (χ1) is 17.8. The molecule has 0 atom stereocenters. The molecule has 2 aromatic carbocycles. The number of nitrogens with one attached hydrogen (secondary N) is 1. The first-order valence-electron chi connectivity index (χ1n) is 12.0. The lowest BCUT2D eigenvalue weighted by molar-refractivity contribution is -0.742. The molecule has 0 spiro atoms. The van der Waals surface area contributed by atoms with Crippen LogP contribution in [-0.4, -0.2) is 58.8 Å². The molecule has 11 nitrogen and oxygen atoms in total. The number of nitrogens with zero attached hydrogens (tertiary/aromatic N) is 4. The lowest BCUT2D eigenvalue weighted by atomic mass is 10.1. The van der Waals surface area contributed by atoms with Gasteiger partial charge in [-0.15, -0.1) is 10.1 Å². The van der Waals surface area contributed by atoms with Crippen molar-refractivity contribution in [3.05, 3.63) is 75.7 Å². The Balaban J connectivity index is 0.000000747. The predicted octanol–water partition coefficient (Wildman–Crippen LogP) is 3.68. The Morgan fingerprint density at radius 2 is 1.92 bits per heavy atom. The molecule has 0 unspecified atom stereocenters. The fraction of sp³-hybridized carbons (Fsp3) is 0.308. The highest BCUT2D eigenvalue weighted by Gasteiger charge is 2.18. The summed E-state index contributed by atoms with van der Waals surface area (Å²) in [5, 5.41) is 24.9. The number of nitriles is 1. The molecule has 4 aromatic rings. The number of nitrogens with two attached hydrogens (primary N) is 1. The molecule has 5 rings (SSSR count). The highest BCUT2D eigenvalue weighted by atomic mass is 16.9. The predicted molar refractivity (Wildman–Crippen MR) is 138 cm³/mol. The van der Waals surface area contributed by atoms with Crippen LogP contribution in [0.25, 0.3) is 21.9 Å². The molecule has 3 heterocycles. The number of amides is 1. The van der Waals surface area contributed by atoms with Gasteiger partial charge in [-0.3, -0.25) is 9.69 Å². The zero-order valence-corrected chi connectivity index (χ0v) is 20.2. The molecular weight excluding hydrogens is 476 g/mol. The zero-order chi connectivity index (χ0) is 26.4. The van der Waals surface area contributed by atoms with Crippen molar-refractivity contribution in [2.45, 2.75) is 19.3 Å². The monoisotopic (exact) mass is 504 g/mol. The number of fused-ring (bicyclic) bond motifs is 2. The van der Waals surface area contributed by atoms with E-state index in [2.05, 4.69) is 33.1 Å². The molecule has 1 saturated heterocycles. The van der Waals surface area contributed by atoms with Crippen LogP contribution in [0.2, 0.25) is 0 Å². The van der Waals surface area contributed by atoms with E-state index in [1.165, 1.54) is 10.9 Å². The maximum absolute atomic E-state index is 11.4. The number of H-pyrrole nitrogens is 1. The number of aryl methyl sites for hydroxylation is 1. The number of piperazine rings is 1. The largest absolute Gasteiger partial charge is 0.451 e. The number of aromatic amines is 1. The van der Waals surface area contributed by atoms with Gasteiger partial charge in [0, 0.05) is 54.4 Å². The second kappa shape index (κ2) is 11.5. The molecule has 11 heteroatoms. The summed E-state index contributed by atoms with van der Waals surface area (Å²) in [4.78, 5) is 27.9. The van der Waals surface area contributed by atoms with Gasteiger partial charge in [-0.25, -0.2) is 0 Å². The van der Waals surface area contributed by atoms with Gasteiger partial charge in [0.1, 0.15) is 5.58 Å². The SMILES string of the molecule is N#Cc1ccc2[nH]cc(CCCCN3CCN(c4ccc5oc(C(N)=O)cc5c4)CC3)c2c1.O=[N+]([O-])O. The van der Waals surface area contributed by atoms with Gasteiger partial charge in [0.2, 0.25) is 0 Å². The van der Waals surface area contributed by atoms with Crippen molar-refractivity contribution in [1.82, 2.24) is 9.88 Å². The molecule has 1 aliphatic heterocycles. The Morgan fingerprint density at radius 3 is 2.62 bits per heavy atom. The fourth-order valence-corrected chi connectivity index (χ4v) is 4.68. The van der Waals surface area contributed by atoms with Crippen LogP contribution in [0, 0.1) is 21.4 Å². The maximum Gasteiger partial charge on any atom is 0.291 e. The van der Waals surface area contributed by atoms with Gasteiger partial charge < -0.3 is 25.2 Å². The number of hydrogen-bond acceptors (Lipinski definition) is 7. The standard InChI is InChI=1S/C26H27N5O2.HNO3/c27-16-18-4-6-23-22(13-18)19(17-29-23)3-1-2-8-30-9-11-31(12-10-30)21-5-7-24-20(14-21)15-25(33-24)26(28)32;2-1(3)4/h4-7,13-15,17,29H,1-3,8-12H2,(H2,28,32);(H,2,3,4). The molecule has 37 heavy (non-hydrogen) atoms. The first kappa shape index (κ1) is 25.5. The molecule has 4 N–H and O–H groups in total. The van der Waals surface area contributed by atoms with Crippen LogP contribution in [0.3, 0.4) is 0 Å². The molecule has 1 aliphatic rings. The lowest BCUT2D eigenvalue weighted by Gasteiger charge is -2.36. The molecule has 0 saturated carbocycles. The maximum atomic E-state index is 11.4. The Bertz CT molecular complexity index is 1440. The number of primary amides is 1. The number of unbranched alkanes of at least 4 members (excludes halogenated alkanes) is 1. The van der Waals surface area contributed by atoms with Gasteiger partial charge in [0.05, 0.1) is 11.6 Å². The quantitative estimate of drug-likeness (QED) is 0.195. The number of furan rings is 1. The van der Waals surface area contributed by atoms with Crippen molar-refractivity contribution >= 4 is 33.5 Å². The third-order valence-electron chi connectivity index (χ3n) is 6.55. The molecule has 192 valence electrons. The second-order valence-corrected chi connectivity index (χ2v) is 8.91. The van der Waals surface area contributed by atoms with E-state index in [9.17, 15) is 4.79 Å². The third-order valence-corrected chi connectivity index (χ3v) is 6.55. The Morgan fingerprint density at radius 1 is 1.16 bits per heavy atom. The van der Waals surface area contributed by atoms with Crippen LogP contribution >= 0.6 is 0 Å². The van der Waals surface area contributed by atoms with Gasteiger partial charge in [-0.2, -0.15) is 5.26 Å². The molecule has 0 bridgehead atoms. The Kier molecular flexibility index (Phi) is 7.90. The third kappa shape index (κ3) is 6.36. The number of aromatic nitrogens is 1. The zero-order valence-electron chi connectivity index (χ0n) is 20.2. The summed E-state index contributed by atoms with van der Waals surface area (Å²) in [6.45, 7) is 5.13. The highest BCUT2D eigenvalue weighted by molar-refractivity contribution is 5.95. The number of anilines is 1. The van der Waals surface area contributed by atoms with E-state index >= 15 is 0 Å². The van der Waals surface area contributed by atoms with Gasteiger partial charge in [0.15, 0.2) is 5.76 Å². The van der Waals surface area contributed by atoms with Crippen LogP contribution in [0.4, 0.5) is 5.69 Å². The summed E-state index contributed by atoms with van der Waals surface area (Å²) in [6, 6.07) is 15.8. The molecule has 1 amide bonds. The molecule has 2 aromatic heterocycles. The normalized spacial score (nSPS) is 13.8. The highest BCUT2D eigenvalue weighted by Crippen LogP contribution is 2.26. The summed E-state index contributed by atoms with van der Waals surface area (Å²) in [7, 11) is 0. The molecule has 1 fully saturated rings. The van der Waals surface area contributed by atoms with Crippen molar-refractivity contribution in [2.24, 2.45) is 5.73 Å². The topological polar surface area (TPSA) is 166 Å². The van der Waals surface area contributed by atoms with Crippen molar-refractivity contribution in [3.8, 4) is 6.07 Å². The van der Waals surface area contributed by atoms with Crippen molar-refractivity contribution < 1.29 is 19.5 Å². The van der Waals surface area contributed by atoms with E-state index in [1.54, 1.807) is 6.07 Å². The number of hydrogen-bond donors (Lipinski definition) is 3. The second-order valence-electron chi connectivity index (χ2n) is 8.91. The number of rotatable bonds is 7. The van der Waals surface area contributed by atoms with E-state index in [0.717, 1.165) is 68.6 Å². The summed E-state index contributed by atoms with van der Waals surface area (Å²) < 4.78 is 5.49. The van der Waals surface area contributed by atoms with Gasteiger partial charge in [-0.1, -0.05) is 0 Å². The van der Waals surface area contributed by atoms with Crippen molar-refractivity contribution in [2.75, 3.05) is 37.6 Å². The first-order valence-corrected chi connectivity index (χ1v) is 12.0.